The van der Waals surface area contributed by atoms with Crippen molar-refractivity contribution in [2.45, 2.75) is 95.2 Å². The van der Waals surface area contributed by atoms with Crippen molar-refractivity contribution in [3.05, 3.63) is 136 Å². The number of halogens is 1. The summed E-state index contributed by atoms with van der Waals surface area (Å²) in [5.41, 5.74) is 7.20. The van der Waals surface area contributed by atoms with Gasteiger partial charge in [-0.15, -0.1) is 5.10 Å². The number of tetrazole rings is 1. The van der Waals surface area contributed by atoms with Crippen LogP contribution in [0.15, 0.2) is 104 Å². The van der Waals surface area contributed by atoms with E-state index in [1.54, 1.807) is 38.4 Å². The van der Waals surface area contributed by atoms with Gasteiger partial charge in [0.15, 0.2) is 0 Å². The molecule has 0 bridgehead atoms. The molecule has 7 atom stereocenters. The number of hydrogen-bond acceptors (Lipinski definition) is 11. The minimum absolute atomic E-state index is 0.0399. The molecule has 2 aromatic heterocycles. The maximum atomic E-state index is 14.1. The molecule has 19 heteroatoms. The number of nitrogens with one attached hydrogen (secondary N) is 5. The van der Waals surface area contributed by atoms with E-state index in [0.29, 0.717) is 48.6 Å². The van der Waals surface area contributed by atoms with Crippen molar-refractivity contribution >= 4 is 52.2 Å². The average Bonchev–Trinajstić information content (AvgIpc) is 4.13. The molecule has 8 rings (SSSR count). The van der Waals surface area contributed by atoms with E-state index < -0.39 is 36.0 Å². The summed E-state index contributed by atoms with van der Waals surface area (Å²) in [4.78, 5) is 72.7. The minimum Gasteiger partial charge on any atom is -0.481 e. The highest BCUT2D eigenvalue weighted by Gasteiger charge is 2.40. The fourth-order valence-electron chi connectivity index (χ4n) is 9.55. The monoisotopic (exact) mass is 956 g/mol. The van der Waals surface area contributed by atoms with E-state index in [-0.39, 0.29) is 55.1 Å². The summed E-state index contributed by atoms with van der Waals surface area (Å²) in [7, 11) is 1.93. The summed E-state index contributed by atoms with van der Waals surface area (Å²) in [5, 5.41) is 36.7. The number of benzene rings is 4. The molecule has 2 saturated heterocycles. The van der Waals surface area contributed by atoms with E-state index in [4.69, 9.17) is 11.6 Å². The molecule has 18 nitrogen and oxygen atoms in total. The van der Waals surface area contributed by atoms with Crippen LogP contribution < -0.4 is 26.6 Å². The predicted molar refractivity (Wildman–Crippen MR) is 258 cm³/mol. The van der Waals surface area contributed by atoms with Crippen LogP contribution in [0, 0.1) is 5.92 Å². The van der Waals surface area contributed by atoms with E-state index in [1.165, 1.54) is 11.0 Å². The topological polar surface area (TPSA) is 230 Å². The standard InChI is InChI=1S/C50H57ClN12O6/c1-30(47(66)52-26-33-12-14-43-40(21-33)54-28-61(43)3)56-49(68)41-24-37(20-32-8-5-4-6-9-32)46(58-41)36-11-7-10-34(22-36)35-16-18-62(19-17-45(64)65)44(25-35)50(69)57-31(2)48(67)53-27-38-23-39(51)13-15-42(38)63-29-55-59-60-63/h4-15,21-23,28-31,35,37,41,44,46,58H,16-20,24-27H2,1-3H3,(H,52,66)(H,53,67)(H,56,68)(H,57,69)(H,64,65)/t30-,31-,35-,37-,41+,44+,46?/m0/s1. The number of nitrogens with zero attached hydrogens (tertiary/aromatic N) is 7. The third-order valence-corrected chi connectivity index (χ3v) is 13.5. The Kier molecular flexibility index (Phi) is 15.4. The van der Waals surface area contributed by atoms with Crippen molar-refractivity contribution in [3.63, 3.8) is 0 Å². The van der Waals surface area contributed by atoms with Crippen molar-refractivity contribution in [2.24, 2.45) is 13.0 Å². The first-order chi connectivity index (χ1) is 33.3. The second kappa shape index (κ2) is 21.9. The number of carbonyl (C=O) groups excluding carboxylic acids is 4. The number of aliphatic carboxylic acids is 1. The van der Waals surface area contributed by atoms with Crippen LogP contribution in [0.4, 0.5) is 0 Å². The van der Waals surface area contributed by atoms with Gasteiger partial charge in [-0.25, -0.2) is 9.67 Å². The van der Waals surface area contributed by atoms with Gasteiger partial charge in [-0.1, -0.05) is 72.3 Å². The van der Waals surface area contributed by atoms with Gasteiger partial charge in [0.1, 0.15) is 18.4 Å². The molecule has 0 aliphatic carbocycles. The first kappa shape index (κ1) is 48.4. The van der Waals surface area contributed by atoms with Crippen LogP contribution in [0.1, 0.15) is 79.3 Å². The number of fused-ring (bicyclic) bond motifs is 1. The molecule has 1 unspecified atom stereocenters. The molecule has 2 fully saturated rings. The van der Waals surface area contributed by atoms with Crippen LogP contribution in [-0.2, 0) is 50.5 Å². The molecule has 0 spiro atoms. The lowest BCUT2D eigenvalue weighted by molar-refractivity contribution is -0.139. The third kappa shape index (κ3) is 12.0. The van der Waals surface area contributed by atoms with Gasteiger partial charge in [-0.2, -0.15) is 0 Å². The first-order valence-corrected chi connectivity index (χ1v) is 23.6. The highest BCUT2D eigenvalue weighted by atomic mass is 35.5. The summed E-state index contributed by atoms with van der Waals surface area (Å²) in [6.45, 7) is 4.33. The molecule has 6 N–H and O–H groups in total. The van der Waals surface area contributed by atoms with Crippen LogP contribution in [0.3, 0.4) is 0 Å². The fraction of sp³-hybridized carbons (Fsp3) is 0.380. The zero-order valence-electron chi connectivity index (χ0n) is 38.7. The quantitative estimate of drug-likeness (QED) is 0.0715. The predicted octanol–water partition coefficient (Wildman–Crippen LogP) is 4.13. The highest BCUT2D eigenvalue weighted by Crippen LogP contribution is 2.38. The second-order valence-corrected chi connectivity index (χ2v) is 18.5. The number of hydrogen-bond donors (Lipinski definition) is 6. The van der Waals surface area contributed by atoms with Gasteiger partial charge in [-0.3, -0.25) is 34.2 Å². The Balaban J connectivity index is 0.927. The zero-order chi connectivity index (χ0) is 48.6. The Bertz CT molecular complexity index is 2790. The molecular formula is C50H57ClN12O6. The molecule has 0 radical (unpaired) electrons. The summed E-state index contributed by atoms with van der Waals surface area (Å²) in [6.07, 6.45) is 5.39. The Hall–Kier alpha value is -7.02. The number of imidazole rings is 1. The van der Waals surface area contributed by atoms with Crippen molar-refractivity contribution in [3.8, 4) is 5.69 Å². The smallest absolute Gasteiger partial charge is 0.304 e. The molecule has 4 aromatic carbocycles. The van der Waals surface area contributed by atoms with E-state index in [9.17, 15) is 29.1 Å². The largest absolute Gasteiger partial charge is 0.481 e. The van der Waals surface area contributed by atoms with Gasteiger partial charge in [0, 0.05) is 37.7 Å². The van der Waals surface area contributed by atoms with Crippen LogP contribution in [0.25, 0.3) is 16.7 Å². The molecule has 2 aliphatic heterocycles. The lowest BCUT2D eigenvalue weighted by Gasteiger charge is -2.39. The van der Waals surface area contributed by atoms with Gasteiger partial charge in [0.25, 0.3) is 0 Å². The average molecular weight is 958 g/mol. The lowest BCUT2D eigenvalue weighted by atomic mass is 9.82. The van der Waals surface area contributed by atoms with Gasteiger partial charge in [0.05, 0.1) is 41.6 Å². The molecule has 0 saturated carbocycles. The van der Waals surface area contributed by atoms with E-state index in [1.807, 2.05) is 65.0 Å². The Morgan fingerprint density at radius 2 is 1.58 bits per heavy atom. The Morgan fingerprint density at radius 3 is 2.33 bits per heavy atom. The highest BCUT2D eigenvalue weighted by molar-refractivity contribution is 6.30. The molecular weight excluding hydrogens is 900 g/mol. The molecule has 2 aliphatic rings. The second-order valence-electron chi connectivity index (χ2n) is 18.1. The fourth-order valence-corrected chi connectivity index (χ4v) is 9.74. The van der Waals surface area contributed by atoms with Crippen LogP contribution in [0.2, 0.25) is 5.02 Å². The number of carboxylic acids is 1. The molecule has 360 valence electrons. The summed E-state index contributed by atoms with van der Waals surface area (Å²) in [5.74, 6) is -2.33. The van der Waals surface area contributed by atoms with Gasteiger partial charge < -0.3 is 30.9 Å². The summed E-state index contributed by atoms with van der Waals surface area (Å²) >= 11 is 6.27. The van der Waals surface area contributed by atoms with Crippen LogP contribution >= 0.6 is 11.6 Å². The first-order valence-electron chi connectivity index (χ1n) is 23.2. The van der Waals surface area contributed by atoms with Gasteiger partial charge in [-0.05, 0) is 126 Å². The van der Waals surface area contributed by atoms with Crippen molar-refractivity contribution in [2.75, 3.05) is 13.1 Å². The molecule has 6 aromatic rings. The van der Waals surface area contributed by atoms with Crippen molar-refractivity contribution < 1.29 is 29.1 Å². The van der Waals surface area contributed by atoms with Gasteiger partial charge >= 0.3 is 5.97 Å². The maximum Gasteiger partial charge on any atom is 0.304 e. The number of likely N-dealkylation sites (tertiary alicyclic amines) is 1. The van der Waals surface area contributed by atoms with Crippen molar-refractivity contribution in [1.29, 1.82) is 0 Å². The number of carboxylic acid groups (broad SMARTS) is 1. The third-order valence-electron chi connectivity index (χ3n) is 13.3. The number of piperidine rings is 1. The van der Waals surface area contributed by atoms with E-state index in [0.717, 1.165) is 39.7 Å². The molecule has 69 heavy (non-hydrogen) atoms. The SMILES string of the molecule is C[C@H](NC(=O)[C@H]1C[C@@H](c2cccc(C3N[C@@H](C(=O)N[C@@H](C)C(=O)NCc4ccc5c(c4)ncn5C)C[C@@H]3Cc3ccccc3)c2)CCN1CCC(=O)O)C(=O)NCc1cc(Cl)ccc1-n1cnnn1. The molecule has 4 heterocycles. The number of aromatic nitrogens is 6. The van der Waals surface area contributed by atoms with Crippen LogP contribution in [-0.4, -0.2) is 107 Å². The van der Waals surface area contributed by atoms with E-state index in [2.05, 4.69) is 71.4 Å². The minimum atomic E-state index is -0.965. The molecule has 4 amide bonds. The Morgan fingerprint density at radius 1 is 0.826 bits per heavy atom. The summed E-state index contributed by atoms with van der Waals surface area (Å²) < 4.78 is 3.40. The number of rotatable bonds is 18. The lowest BCUT2D eigenvalue weighted by Crippen LogP contribution is -2.55. The van der Waals surface area contributed by atoms with Gasteiger partial charge in [0.2, 0.25) is 23.6 Å². The summed E-state index contributed by atoms with van der Waals surface area (Å²) in [6, 6.07) is 26.3. The number of amides is 4. The van der Waals surface area contributed by atoms with E-state index >= 15 is 0 Å². The maximum absolute atomic E-state index is 14.1. The van der Waals surface area contributed by atoms with Crippen LogP contribution in [0.5, 0.6) is 0 Å². The number of carbonyl (C=O) groups is 5. The zero-order valence-corrected chi connectivity index (χ0v) is 39.5. The normalized spacial score (nSPS) is 20.2. The van der Waals surface area contributed by atoms with Crippen molar-refractivity contribution in [1.82, 2.24) is 61.2 Å². The Labute approximate surface area is 404 Å². The number of aryl methyl sites for hydroxylation is 1.